The Morgan fingerprint density at radius 1 is 1.25 bits per heavy atom. The van der Waals surface area contributed by atoms with Crippen LogP contribution in [0.2, 0.25) is 0 Å². The van der Waals surface area contributed by atoms with Crippen LogP contribution in [-0.4, -0.2) is 13.4 Å². The fourth-order valence-corrected chi connectivity index (χ4v) is 2.86. The van der Waals surface area contributed by atoms with Crippen molar-refractivity contribution >= 4 is 33.4 Å². The van der Waals surface area contributed by atoms with Crippen LogP contribution in [0.15, 0.2) is 39.2 Å². The van der Waals surface area contributed by atoms with Crippen LogP contribution in [-0.2, 0) is 23.6 Å². The van der Waals surface area contributed by atoms with Crippen molar-refractivity contribution in [3.8, 4) is 0 Å². The summed E-state index contributed by atoms with van der Waals surface area (Å²) in [6.45, 7) is 1.24. The van der Waals surface area contributed by atoms with Gasteiger partial charge < -0.3 is 14.5 Å². The van der Waals surface area contributed by atoms with Crippen LogP contribution in [0.1, 0.15) is 17.1 Å². The van der Waals surface area contributed by atoms with E-state index in [0.717, 1.165) is 33.0 Å². The molecule has 1 aromatic carbocycles. The Hall–Kier alpha value is -0.910. The molecule has 0 radical (unpaired) electrons. The van der Waals surface area contributed by atoms with E-state index in [9.17, 15) is 0 Å². The zero-order valence-corrected chi connectivity index (χ0v) is 14.0. The lowest BCUT2D eigenvalue weighted by Gasteiger charge is -2.12. The standard InChI is InChI=1S/C15H18BrNO2S/c1-18-9-13-14(16)4-3-5-15(13)17-8-11-6-7-12(19-11)10-20-2/h3-7,17H,8-10H2,1-2H3. The zero-order chi connectivity index (χ0) is 14.4. The smallest absolute Gasteiger partial charge is 0.123 e. The molecule has 0 spiro atoms. The molecule has 0 bridgehead atoms. The van der Waals surface area contributed by atoms with E-state index >= 15 is 0 Å². The summed E-state index contributed by atoms with van der Waals surface area (Å²) < 4.78 is 12.0. The van der Waals surface area contributed by atoms with Crippen LogP contribution in [0, 0.1) is 0 Å². The molecule has 0 aliphatic heterocycles. The fourth-order valence-electron chi connectivity index (χ4n) is 1.93. The third-order valence-electron chi connectivity index (χ3n) is 2.86. The highest BCUT2D eigenvalue weighted by Crippen LogP contribution is 2.26. The van der Waals surface area contributed by atoms with Gasteiger partial charge in [-0.25, -0.2) is 0 Å². The van der Waals surface area contributed by atoms with Crippen LogP contribution in [0.3, 0.4) is 0 Å². The maximum atomic E-state index is 5.75. The predicted molar refractivity (Wildman–Crippen MR) is 88.1 cm³/mol. The van der Waals surface area contributed by atoms with E-state index in [4.69, 9.17) is 9.15 Å². The number of hydrogen-bond donors (Lipinski definition) is 1. The summed E-state index contributed by atoms with van der Waals surface area (Å²) in [6.07, 6.45) is 2.07. The molecular formula is C15H18BrNO2S. The van der Waals surface area contributed by atoms with Gasteiger partial charge in [0.1, 0.15) is 11.5 Å². The normalized spacial score (nSPS) is 10.8. The minimum atomic E-state index is 0.569. The molecule has 0 aliphatic carbocycles. The summed E-state index contributed by atoms with van der Waals surface area (Å²) in [6, 6.07) is 10.1. The number of nitrogens with one attached hydrogen (secondary N) is 1. The molecule has 0 amide bonds. The first-order valence-corrected chi connectivity index (χ1v) is 8.50. The Morgan fingerprint density at radius 3 is 2.80 bits per heavy atom. The molecule has 20 heavy (non-hydrogen) atoms. The topological polar surface area (TPSA) is 34.4 Å². The number of benzene rings is 1. The number of methoxy groups -OCH3 is 1. The lowest BCUT2D eigenvalue weighted by atomic mass is 10.2. The highest BCUT2D eigenvalue weighted by Gasteiger charge is 2.07. The largest absolute Gasteiger partial charge is 0.463 e. The van der Waals surface area contributed by atoms with Gasteiger partial charge in [0.15, 0.2) is 0 Å². The second-order valence-corrected chi connectivity index (χ2v) is 6.07. The Balaban J connectivity index is 2.04. The maximum absolute atomic E-state index is 5.75. The molecule has 1 aromatic heterocycles. The van der Waals surface area contributed by atoms with E-state index in [2.05, 4.69) is 27.5 Å². The maximum Gasteiger partial charge on any atom is 0.123 e. The lowest BCUT2D eigenvalue weighted by molar-refractivity contribution is 0.185. The molecular weight excluding hydrogens is 338 g/mol. The van der Waals surface area contributed by atoms with Crippen molar-refractivity contribution in [1.29, 1.82) is 0 Å². The van der Waals surface area contributed by atoms with Gasteiger partial charge >= 0.3 is 0 Å². The third kappa shape index (κ3) is 4.04. The number of hydrogen-bond acceptors (Lipinski definition) is 4. The van der Waals surface area contributed by atoms with Crippen molar-refractivity contribution in [2.45, 2.75) is 18.9 Å². The number of thioether (sulfide) groups is 1. The van der Waals surface area contributed by atoms with Gasteiger partial charge in [-0.15, -0.1) is 0 Å². The molecule has 3 nitrogen and oxygen atoms in total. The molecule has 0 fully saturated rings. The molecule has 0 atom stereocenters. The summed E-state index contributed by atoms with van der Waals surface area (Å²) in [5, 5.41) is 3.40. The summed E-state index contributed by atoms with van der Waals surface area (Å²) in [7, 11) is 1.70. The van der Waals surface area contributed by atoms with Gasteiger partial charge in [0.25, 0.3) is 0 Å². The SMILES string of the molecule is COCc1c(Br)cccc1NCc1ccc(CSC)o1. The molecule has 108 valence electrons. The summed E-state index contributed by atoms with van der Waals surface area (Å²) in [4.78, 5) is 0. The number of anilines is 1. The first-order valence-electron chi connectivity index (χ1n) is 6.31. The van der Waals surface area contributed by atoms with Gasteiger partial charge in [0, 0.05) is 22.8 Å². The van der Waals surface area contributed by atoms with Crippen LogP contribution in [0.5, 0.6) is 0 Å². The molecule has 0 saturated carbocycles. The Morgan fingerprint density at radius 2 is 2.05 bits per heavy atom. The van der Waals surface area contributed by atoms with Crippen molar-refractivity contribution in [3.05, 3.63) is 51.9 Å². The van der Waals surface area contributed by atoms with Gasteiger partial charge in [0.05, 0.1) is 18.9 Å². The van der Waals surface area contributed by atoms with Gasteiger partial charge in [0.2, 0.25) is 0 Å². The molecule has 1 heterocycles. The average molecular weight is 356 g/mol. The second kappa shape index (κ2) is 7.76. The van der Waals surface area contributed by atoms with Crippen molar-refractivity contribution in [1.82, 2.24) is 0 Å². The van der Waals surface area contributed by atoms with Crippen molar-refractivity contribution < 1.29 is 9.15 Å². The van der Waals surface area contributed by atoms with E-state index in [0.29, 0.717) is 13.2 Å². The van der Waals surface area contributed by atoms with E-state index in [1.165, 1.54) is 0 Å². The third-order valence-corrected chi connectivity index (χ3v) is 4.18. The highest BCUT2D eigenvalue weighted by molar-refractivity contribution is 9.10. The monoisotopic (exact) mass is 355 g/mol. The molecule has 0 unspecified atom stereocenters. The first-order chi connectivity index (χ1) is 9.74. The lowest BCUT2D eigenvalue weighted by Crippen LogP contribution is -2.03. The minimum Gasteiger partial charge on any atom is -0.463 e. The van der Waals surface area contributed by atoms with Gasteiger partial charge in [-0.1, -0.05) is 22.0 Å². The average Bonchev–Trinajstić information content (AvgIpc) is 2.88. The molecule has 1 N–H and O–H groups in total. The van der Waals surface area contributed by atoms with Crippen LogP contribution < -0.4 is 5.32 Å². The number of halogens is 1. The molecule has 0 saturated heterocycles. The predicted octanol–water partition coefficient (Wildman–Crippen LogP) is 4.66. The molecule has 0 aliphatic rings. The molecule has 2 rings (SSSR count). The summed E-state index contributed by atoms with van der Waals surface area (Å²) in [5.74, 6) is 2.87. The van der Waals surface area contributed by atoms with E-state index < -0.39 is 0 Å². The number of furan rings is 1. The van der Waals surface area contributed by atoms with E-state index in [-0.39, 0.29) is 0 Å². The zero-order valence-electron chi connectivity index (χ0n) is 11.6. The summed E-state index contributed by atoms with van der Waals surface area (Å²) in [5.41, 5.74) is 2.18. The minimum absolute atomic E-state index is 0.569. The number of rotatable bonds is 7. The first kappa shape index (κ1) is 15.5. The number of ether oxygens (including phenoxy) is 1. The van der Waals surface area contributed by atoms with Gasteiger partial charge in [-0.3, -0.25) is 0 Å². The Labute approximate surface area is 132 Å². The Bertz CT molecular complexity index is 557. The summed E-state index contributed by atoms with van der Waals surface area (Å²) >= 11 is 5.31. The fraction of sp³-hybridized carbons (Fsp3) is 0.333. The molecule has 2 aromatic rings. The van der Waals surface area contributed by atoms with Crippen molar-refractivity contribution in [2.24, 2.45) is 0 Å². The van der Waals surface area contributed by atoms with Crippen LogP contribution in [0.4, 0.5) is 5.69 Å². The molecule has 5 heteroatoms. The van der Waals surface area contributed by atoms with Crippen molar-refractivity contribution in [2.75, 3.05) is 18.7 Å². The van der Waals surface area contributed by atoms with Crippen LogP contribution in [0.25, 0.3) is 0 Å². The highest BCUT2D eigenvalue weighted by atomic mass is 79.9. The van der Waals surface area contributed by atoms with Gasteiger partial charge in [-0.05, 0) is 30.5 Å². The Kier molecular flexibility index (Phi) is 6.01. The van der Waals surface area contributed by atoms with E-state index in [1.54, 1.807) is 18.9 Å². The van der Waals surface area contributed by atoms with E-state index in [1.807, 2.05) is 30.3 Å². The van der Waals surface area contributed by atoms with Gasteiger partial charge in [-0.2, -0.15) is 11.8 Å². The second-order valence-electron chi connectivity index (χ2n) is 4.35. The quantitative estimate of drug-likeness (QED) is 0.782. The van der Waals surface area contributed by atoms with Crippen LogP contribution >= 0.6 is 27.7 Å². The van der Waals surface area contributed by atoms with Crippen molar-refractivity contribution in [3.63, 3.8) is 0 Å².